The number of piperidine rings is 1. The molecule has 1 N–H and O–H groups in total. The van der Waals surface area contributed by atoms with Gasteiger partial charge in [-0.15, -0.1) is 0 Å². The van der Waals surface area contributed by atoms with Gasteiger partial charge in [-0.05, 0) is 62.4 Å². The zero-order valence-corrected chi connectivity index (χ0v) is 21.1. The fourth-order valence-corrected chi connectivity index (χ4v) is 4.48. The van der Waals surface area contributed by atoms with Gasteiger partial charge in [0.2, 0.25) is 0 Å². The van der Waals surface area contributed by atoms with Crippen molar-refractivity contribution in [2.24, 2.45) is 0 Å². The maximum absolute atomic E-state index is 11.1. The third kappa shape index (κ3) is 6.99. The standard InChI is InChI=1S/C28H37N3O4/c1-22-5-7-25(23(2)17-22)35-20-28(32)9-13-30(14-10-28)19-24-6-8-26(33-3)27(18-24)34-16-4-12-31-15-11-29-21-31/h5-8,11,15,17-18,21,32H,4,9-10,12-14,16,19-20H2,1-3H3. The molecule has 3 aromatic rings. The molecular weight excluding hydrogens is 442 g/mol. The zero-order valence-electron chi connectivity index (χ0n) is 21.1. The van der Waals surface area contributed by atoms with Crippen LogP contribution in [0.25, 0.3) is 0 Å². The summed E-state index contributed by atoms with van der Waals surface area (Å²) in [4.78, 5) is 6.44. The number of rotatable bonds is 11. The average molecular weight is 480 g/mol. The highest BCUT2D eigenvalue weighted by atomic mass is 16.5. The van der Waals surface area contributed by atoms with E-state index in [4.69, 9.17) is 14.2 Å². The number of methoxy groups -OCH3 is 1. The van der Waals surface area contributed by atoms with Crippen LogP contribution in [0.3, 0.4) is 0 Å². The number of likely N-dealkylation sites (tertiary alicyclic amines) is 1. The van der Waals surface area contributed by atoms with Gasteiger partial charge in [-0.3, -0.25) is 4.90 Å². The molecule has 7 heteroatoms. The molecule has 0 amide bonds. The van der Waals surface area contributed by atoms with Crippen LogP contribution in [0.15, 0.2) is 55.1 Å². The first-order valence-corrected chi connectivity index (χ1v) is 12.3. The van der Waals surface area contributed by atoms with Crippen LogP contribution >= 0.6 is 0 Å². The summed E-state index contributed by atoms with van der Waals surface area (Å²) in [7, 11) is 1.67. The molecule has 2 aromatic carbocycles. The quantitative estimate of drug-likeness (QED) is 0.412. The van der Waals surface area contributed by atoms with Crippen molar-refractivity contribution in [3.05, 3.63) is 71.8 Å². The van der Waals surface area contributed by atoms with E-state index in [-0.39, 0.29) is 0 Å². The molecular formula is C28H37N3O4. The number of aryl methyl sites for hydroxylation is 3. The molecule has 0 aliphatic carbocycles. The maximum atomic E-state index is 11.1. The van der Waals surface area contributed by atoms with Crippen molar-refractivity contribution in [2.45, 2.75) is 51.8 Å². The number of aromatic nitrogens is 2. The second-order valence-corrected chi connectivity index (χ2v) is 9.55. The summed E-state index contributed by atoms with van der Waals surface area (Å²) < 4.78 is 19.6. The van der Waals surface area contributed by atoms with Gasteiger partial charge >= 0.3 is 0 Å². The molecule has 1 saturated heterocycles. The minimum Gasteiger partial charge on any atom is -0.493 e. The van der Waals surface area contributed by atoms with Gasteiger partial charge in [0.15, 0.2) is 11.5 Å². The molecule has 7 nitrogen and oxygen atoms in total. The Morgan fingerprint density at radius 2 is 1.80 bits per heavy atom. The summed E-state index contributed by atoms with van der Waals surface area (Å²) in [6.45, 7) is 8.36. The van der Waals surface area contributed by atoms with Gasteiger partial charge in [0, 0.05) is 38.6 Å². The third-order valence-corrected chi connectivity index (χ3v) is 6.63. The Bertz CT molecular complexity index is 1080. The molecule has 188 valence electrons. The van der Waals surface area contributed by atoms with Gasteiger partial charge < -0.3 is 23.9 Å². The second kappa shape index (κ2) is 11.6. The fourth-order valence-electron chi connectivity index (χ4n) is 4.48. The topological polar surface area (TPSA) is 69.0 Å². The largest absolute Gasteiger partial charge is 0.493 e. The highest BCUT2D eigenvalue weighted by molar-refractivity contribution is 5.43. The number of benzene rings is 2. The van der Waals surface area contributed by atoms with Gasteiger partial charge in [0.25, 0.3) is 0 Å². The van der Waals surface area contributed by atoms with Crippen LogP contribution in [0.4, 0.5) is 0 Å². The molecule has 4 rings (SSSR count). The van der Waals surface area contributed by atoms with E-state index in [1.54, 1.807) is 13.3 Å². The first-order valence-electron chi connectivity index (χ1n) is 12.3. The Kier molecular flexibility index (Phi) is 8.31. The number of aliphatic hydroxyl groups is 1. The van der Waals surface area contributed by atoms with E-state index in [0.29, 0.717) is 26.1 Å². The second-order valence-electron chi connectivity index (χ2n) is 9.55. The number of nitrogens with zero attached hydrogens (tertiary/aromatic N) is 3. The van der Waals surface area contributed by atoms with Crippen LogP contribution in [0, 0.1) is 13.8 Å². The number of ether oxygens (including phenoxy) is 3. The molecule has 0 saturated carbocycles. The number of hydrogen-bond acceptors (Lipinski definition) is 6. The summed E-state index contributed by atoms with van der Waals surface area (Å²) in [6.07, 6.45) is 7.82. The van der Waals surface area contributed by atoms with E-state index in [2.05, 4.69) is 35.0 Å². The molecule has 0 unspecified atom stereocenters. The van der Waals surface area contributed by atoms with E-state index in [1.807, 2.05) is 42.2 Å². The van der Waals surface area contributed by atoms with Crippen LogP contribution in [0.2, 0.25) is 0 Å². The maximum Gasteiger partial charge on any atom is 0.161 e. The van der Waals surface area contributed by atoms with Crippen LogP contribution in [0.1, 0.15) is 36.0 Å². The molecule has 35 heavy (non-hydrogen) atoms. The van der Waals surface area contributed by atoms with Crippen molar-refractivity contribution in [1.29, 1.82) is 0 Å². The van der Waals surface area contributed by atoms with E-state index in [0.717, 1.165) is 55.4 Å². The van der Waals surface area contributed by atoms with Crippen LogP contribution < -0.4 is 14.2 Å². The highest BCUT2D eigenvalue weighted by Gasteiger charge is 2.33. The van der Waals surface area contributed by atoms with Gasteiger partial charge in [-0.2, -0.15) is 0 Å². The molecule has 2 heterocycles. The smallest absolute Gasteiger partial charge is 0.161 e. The average Bonchev–Trinajstić information content (AvgIpc) is 3.37. The molecule has 0 bridgehead atoms. The molecule has 1 aliphatic rings. The Morgan fingerprint density at radius 3 is 2.51 bits per heavy atom. The molecule has 0 spiro atoms. The first kappa shape index (κ1) is 25.1. The summed E-state index contributed by atoms with van der Waals surface area (Å²) in [5, 5.41) is 11.1. The van der Waals surface area contributed by atoms with Gasteiger partial charge in [-0.25, -0.2) is 4.98 Å². The number of hydrogen-bond donors (Lipinski definition) is 1. The summed E-state index contributed by atoms with van der Waals surface area (Å²) >= 11 is 0. The molecule has 0 radical (unpaired) electrons. The van der Waals surface area contributed by atoms with Crippen LogP contribution in [-0.4, -0.2) is 58.6 Å². The van der Waals surface area contributed by atoms with E-state index in [9.17, 15) is 5.11 Å². The summed E-state index contributed by atoms with van der Waals surface area (Å²) in [5.41, 5.74) is 2.69. The Balaban J connectivity index is 1.26. The van der Waals surface area contributed by atoms with Crippen LogP contribution in [0.5, 0.6) is 17.2 Å². The predicted octanol–water partition coefficient (Wildman–Crippen LogP) is 4.38. The molecule has 1 aromatic heterocycles. The zero-order chi connectivity index (χ0) is 24.7. The van der Waals surface area contributed by atoms with E-state index < -0.39 is 5.60 Å². The van der Waals surface area contributed by atoms with Crippen molar-refractivity contribution < 1.29 is 19.3 Å². The third-order valence-electron chi connectivity index (χ3n) is 6.63. The predicted molar refractivity (Wildman–Crippen MR) is 136 cm³/mol. The summed E-state index contributed by atoms with van der Waals surface area (Å²) in [5.74, 6) is 2.36. The fraction of sp³-hybridized carbons (Fsp3) is 0.464. The lowest BCUT2D eigenvalue weighted by atomic mass is 9.92. The van der Waals surface area contributed by atoms with Crippen molar-refractivity contribution in [1.82, 2.24) is 14.5 Å². The monoisotopic (exact) mass is 479 g/mol. The van der Waals surface area contributed by atoms with Crippen molar-refractivity contribution in [3.8, 4) is 17.2 Å². The van der Waals surface area contributed by atoms with E-state index in [1.165, 1.54) is 11.1 Å². The van der Waals surface area contributed by atoms with Crippen molar-refractivity contribution in [3.63, 3.8) is 0 Å². The van der Waals surface area contributed by atoms with Gasteiger partial charge in [0.1, 0.15) is 18.0 Å². The lowest BCUT2D eigenvalue weighted by Gasteiger charge is -2.38. The number of imidazole rings is 1. The van der Waals surface area contributed by atoms with Crippen molar-refractivity contribution in [2.75, 3.05) is 33.4 Å². The summed E-state index contributed by atoms with van der Waals surface area (Å²) in [6, 6.07) is 12.3. The van der Waals surface area contributed by atoms with Gasteiger partial charge in [0.05, 0.1) is 20.0 Å². The Morgan fingerprint density at radius 1 is 1.00 bits per heavy atom. The normalized spacial score (nSPS) is 15.7. The first-order chi connectivity index (χ1) is 16.9. The molecule has 1 aliphatic heterocycles. The SMILES string of the molecule is COc1ccc(CN2CCC(O)(COc3ccc(C)cc3C)CC2)cc1OCCCn1ccnc1. The van der Waals surface area contributed by atoms with Crippen LogP contribution in [-0.2, 0) is 13.1 Å². The van der Waals surface area contributed by atoms with Crippen molar-refractivity contribution >= 4 is 0 Å². The van der Waals surface area contributed by atoms with Gasteiger partial charge in [-0.1, -0.05) is 23.8 Å². The Hall–Kier alpha value is -3.03. The minimum absolute atomic E-state index is 0.324. The lowest BCUT2D eigenvalue weighted by molar-refractivity contribution is -0.0538. The molecule has 1 fully saturated rings. The van der Waals surface area contributed by atoms with E-state index >= 15 is 0 Å². The Labute approximate surface area is 208 Å². The minimum atomic E-state index is -0.794. The molecule has 0 atom stereocenters. The highest BCUT2D eigenvalue weighted by Crippen LogP contribution is 2.30. The lowest BCUT2D eigenvalue weighted by Crippen LogP contribution is -2.47.